The number of aromatic nitrogens is 3. The molecule has 5 rings (SSSR count). The van der Waals surface area contributed by atoms with Gasteiger partial charge in [-0.15, -0.1) is 0 Å². The first-order valence-corrected chi connectivity index (χ1v) is 16.2. The van der Waals surface area contributed by atoms with E-state index >= 15 is 0 Å². The van der Waals surface area contributed by atoms with Gasteiger partial charge < -0.3 is 30.3 Å². The van der Waals surface area contributed by atoms with Gasteiger partial charge in [-0.25, -0.2) is 4.79 Å². The molecule has 0 spiro atoms. The number of nitrogens with one attached hydrogen (secondary N) is 3. The number of halogens is 4. The minimum Gasteiger partial charge on any atom is -0.467 e. The predicted octanol–water partition coefficient (Wildman–Crippen LogP) is 5.59. The fraction of sp³-hybridized carbons (Fsp3) is 0.286. The van der Waals surface area contributed by atoms with Crippen molar-refractivity contribution in [2.24, 2.45) is 0 Å². The lowest BCUT2D eigenvalue weighted by Gasteiger charge is -2.19. The molecule has 0 bridgehead atoms. The number of carbonyl (C=O) groups excluding carboxylic acids is 4. The van der Waals surface area contributed by atoms with Crippen LogP contribution in [0.25, 0.3) is 0 Å². The largest absolute Gasteiger partial charge is 0.467 e. The van der Waals surface area contributed by atoms with Crippen LogP contribution in [0.1, 0.15) is 41.6 Å². The van der Waals surface area contributed by atoms with Crippen molar-refractivity contribution < 1.29 is 41.8 Å². The molecule has 1 saturated carbocycles. The molecule has 3 aromatic carbocycles. The van der Waals surface area contributed by atoms with E-state index in [4.69, 9.17) is 21.1 Å². The Morgan fingerprint density at radius 1 is 0.923 bits per heavy atom. The lowest BCUT2D eigenvalue weighted by Crippen LogP contribution is -2.42. The first-order valence-electron chi connectivity index (χ1n) is 15.9. The molecule has 2 amide bonds. The van der Waals surface area contributed by atoms with Gasteiger partial charge in [-0.1, -0.05) is 41.9 Å². The maximum atomic E-state index is 13.1. The van der Waals surface area contributed by atoms with Crippen molar-refractivity contribution >= 4 is 58.4 Å². The Labute approximate surface area is 300 Å². The Balaban J connectivity index is 1.25. The van der Waals surface area contributed by atoms with Gasteiger partial charge in [0.15, 0.2) is 6.61 Å². The molecule has 272 valence electrons. The number of ether oxygens (including phenoxy) is 2. The van der Waals surface area contributed by atoms with Gasteiger partial charge in [-0.3, -0.25) is 14.4 Å². The number of rotatable bonds is 15. The highest BCUT2D eigenvalue weighted by molar-refractivity contribution is 6.41. The fourth-order valence-electron chi connectivity index (χ4n) is 5.08. The van der Waals surface area contributed by atoms with Crippen molar-refractivity contribution in [3.8, 4) is 6.01 Å². The maximum absolute atomic E-state index is 13.1. The quantitative estimate of drug-likeness (QED) is 0.103. The zero-order valence-corrected chi connectivity index (χ0v) is 28.6. The first-order chi connectivity index (χ1) is 24.7. The van der Waals surface area contributed by atoms with Crippen LogP contribution in [0.5, 0.6) is 6.01 Å². The van der Waals surface area contributed by atoms with Gasteiger partial charge in [0.2, 0.25) is 17.7 Å². The van der Waals surface area contributed by atoms with Gasteiger partial charge in [0, 0.05) is 35.4 Å². The molecule has 4 aromatic rings. The topological polar surface area (TPSA) is 165 Å². The highest BCUT2D eigenvalue weighted by Crippen LogP contribution is 2.48. The number of hydrogen-bond donors (Lipinski definition) is 3. The molecular formula is C35H33ClF3N7O6. The highest BCUT2D eigenvalue weighted by atomic mass is 35.5. The molecule has 0 aliphatic heterocycles. The Bertz CT molecular complexity index is 1910. The molecule has 0 saturated heterocycles. The number of ketones is 1. The summed E-state index contributed by atoms with van der Waals surface area (Å²) in [5.74, 6) is -3.19. The Hall–Kier alpha value is -5.77. The second-order valence-corrected chi connectivity index (χ2v) is 12.2. The van der Waals surface area contributed by atoms with E-state index in [1.54, 1.807) is 42.5 Å². The van der Waals surface area contributed by atoms with E-state index < -0.39 is 53.9 Å². The molecular weight excluding hydrogens is 707 g/mol. The van der Waals surface area contributed by atoms with Crippen LogP contribution in [0.15, 0.2) is 78.9 Å². The van der Waals surface area contributed by atoms with Crippen LogP contribution in [-0.2, 0) is 24.7 Å². The van der Waals surface area contributed by atoms with Gasteiger partial charge in [0.25, 0.3) is 11.8 Å². The highest BCUT2D eigenvalue weighted by Gasteiger charge is 2.45. The molecule has 1 atom stereocenters. The number of nitrogens with zero attached hydrogens (tertiary/aromatic N) is 4. The molecule has 52 heavy (non-hydrogen) atoms. The smallest absolute Gasteiger partial charge is 0.422 e. The van der Waals surface area contributed by atoms with E-state index in [0.29, 0.717) is 29.2 Å². The second kappa shape index (κ2) is 16.1. The number of amides is 2. The third-order valence-corrected chi connectivity index (χ3v) is 8.27. The number of anilines is 4. The van der Waals surface area contributed by atoms with E-state index in [1.807, 2.05) is 12.1 Å². The van der Waals surface area contributed by atoms with Crippen LogP contribution in [0.3, 0.4) is 0 Å². The van der Waals surface area contributed by atoms with E-state index in [9.17, 15) is 32.3 Å². The minimum atomic E-state index is -4.63. The van der Waals surface area contributed by atoms with Crippen LogP contribution < -0.4 is 25.6 Å². The van der Waals surface area contributed by atoms with Crippen molar-refractivity contribution in [2.75, 3.05) is 36.3 Å². The van der Waals surface area contributed by atoms with Gasteiger partial charge in [-0.05, 0) is 73.4 Å². The Kier molecular flexibility index (Phi) is 11.6. The fourth-order valence-corrected chi connectivity index (χ4v) is 5.20. The molecule has 17 heteroatoms. The number of hydrogen-bond acceptors (Lipinski definition) is 11. The van der Waals surface area contributed by atoms with Gasteiger partial charge in [-0.2, -0.15) is 28.1 Å². The van der Waals surface area contributed by atoms with Crippen LogP contribution >= 0.6 is 11.6 Å². The number of benzene rings is 3. The number of esters is 1. The summed E-state index contributed by atoms with van der Waals surface area (Å²) in [5, 5.41) is 9.13. The third kappa shape index (κ3) is 9.93. The predicted molar refractivity (Wildman–Crippen MR) is 184 cm³/mol. The minimum absolute atomic E-state index is 0.0288. The number of likely N-dealkylation sites (N-methyl/N-ethyl adjacent to an activating group) is 1. The summed E-state index contributed by atoms with van der Waals surface area (Å²) < 4.78 is 48.4. The van der Waals surface area contributed by atoms with Crippen LogP contribution in [0.2, 0.25) is 5.02 Å². The summed E-state index contributed by atoms with van der Waals surface area (Å²) in [4.78, 5) is 64.3. The molecule has 1 fully saturated rings. The summed E-state index contributed by atoms with van der Waals surface area (Å²) in [6.07, 6.45) is -3.75. The van der Waals surface area contributed by atoms with Crippen LogP contribution in [-0.4, -0.2) is 71.5 Å². The lowest BCUT2D eigenvalue weighted by atomic mass is 10.1. The number of Topliss-reactive ketones (excluding diaryl/α,β-unsaturated/α-hetero) is 1. The standard InChI is InChI=1S/C35H33ClF3N7O6/c1-46(25-6-4-3-5-7-25)29(49)27(47)17-16-26(30(50)51-2)41-28(48)21-8-14-24(15-9-21)40-31-42-32(44-33(43-31)52-20-35(37,38)39)45-34(18-19-34)22-10-12-23(36)13-11-22/h3-15,26H,16-20H2,1-2H3,(H,41,48)(H2,40,42,43,44,45)/t26-/m0/s1. The van der Waals surface area contributed by atoms with Gasteiger partial charge in [0.05, 0.1) is 12.6 Å². The van der Waals surface area contributed by atoms with E-state index in [1.165, 1.54) is 36.2 Å². The zero-order chi connectivity index (χ0) is 37.5. The van der Waals surface area contributed by atoms with E-state index in [0.717, 1.165) is 12.7 Å². The van der Waals surface area contributed by atoms with Crippen molar-refractivity contribution in [1.29, 1.82) is 0 Å². The summed E-state index contributed by atoms with van der Waals surface area (Å²) in [6, 6.07) is 19.6. The molecule has 0 radical (unpaired) electrons. The number of alkyl halides is 3. The van der Waals surface area contributed by atoms with Crippen LogP contribution in [0.4, 0.5) is 36.4 Å². The summed E-state index contributed by atoms with van der Waals surface area (Å²) >= 11 is 6.02. The monoisotopic (exact) mass is 739 g/mol. The molecule has 1 aliphatic rings. The molecule has 1 heterocycles. The van der Waals surface area contributed by atoms with Crippen molar-refractivity contribution in [3.63, 3.8) is 0 Å². The average Bonchev–Trinajstić information content (AvgIpc) is 3.92. The van der Waals surface area contributed by atoms with Crippen molar-refractivity contribution in [3.05, 3.63) is 95.0 Å². The van der Waals surface area contributed by atoms with Crippen molar-refractivity contribution in [2.45, 2.75) is 43.4 Å². The summed E-state index contributed by atoms with van der Waals surface area (Å²) in [7, 11) is 2.58. The average molecular weight is 740 g/mol. The molecule has 0 unspecified atom stereocenters. The lowest BCUT2D eigenvalue weighted by molar-refractivity contribution is -0.154. The van der Waals surface area contributed by atoms with Crippen molar-refractivity contribution in [1.82, 2.24) is 20.3 Å². The summed E-state index contributed by atoms with van der Waals surface area (Å²) in [5.41, 5.74) is 1.33. The van der Waals surface area contributed by atoms with Gasteiger partial charge >= 0.3 is 18.2 Å². The van der Waals surface area contributed by atoms with Gasteiger partial charge in [0.1, 0.15) is 6.04 Å². The van der Waals surface area contributed by atoms with Crippen LogP contribution in [0, 0.1) is 0 Å². The number of methoxy groups -OCH3 is 1. The molecule has 1 aliphatic carbocycles. The van der Waals surface area contributed by atoms with E-state index in [-0.39, 0.29) is 30.3 Å². The maximum Gasteiger partial charge on any atom is 0.422 e. The Morgan fingerprint density at radius 2 is 1.58 bits per heavy atom. The Morgan fingerprint density at radius 3 is 2.19 bits per heavy atom. The second-order valence-electron chi connectivity index (χ2n) is 11.8. The number of carbonyl (C=O) groups is 4. The zero-order valence-electron chi connectivity index (χ0n) is 27.9. The molecule has 13 nitrogen and oxygen atoms in total. The van der Waals surface area contributed by atoms with E-state index in [2.05, 4.69) is 30.9 Å². The number of para-hydroxylation sites is 1. The third-order valence-electron chi connectivity index (χ3n) is 8.02. The first kappa shape index (κ1) is 37.5. The molecule has 3 N–H and O–H groups in total. The SMILES string of the molecule is COC(=O)[C@H](CCC(=O)C(=O)N(C)c1ccccc1)NC(=O)c1ccc(Nc2nc(NC3(c4ccc(Cl)cc4)CC3)nc(OCC(F)(F)F)n2)cc1. The normalized spacial score (nSPS) is 13.7. The summed E-state index contributed by atoms with van der Waals surface area (Å²) in [6.45, 7) is -1.62. The molecule has 1 aromatic heterocycles.